The first kappa shape index (κ1) is 11.7. The third kappa shape index (κ3) is 2.79. The Labute approximate surface area is 95.0 Å². The van der Waals surface area contributed by atoms with Crippen LogP contribution in [0.5, 0.6) is 5.75 Å². The van der Waals surface area contributed by atoms with Crippen LogP contribution in [0.3, 0.4) is 0 Å². The van der Waals surface area contributed by atoms with Gasteiger partial charge in [0.05, 0.1) is 12.0 Å². The molecule has 0 amide bonds. The Balaban J connectivity index is 2.90. The first-order valence-corrected chi connectivity index (χ1v) is 5.60. The molecule has 78 valence electrons. The maximum Gasteiger partial charge on any atom is 0.125 e. The van der Waals surface area contributed by atoms with Crippen LogP contribution in [0.25, 0.3) is 0 Å². The zero-order valence-corrected chi connectivity index (χ0v) is 9.90. The first-order chi connectivity index (χ1) is 6.69. The molecule has 0 heterocycles. The lowest BCUT2D eigenvalue weighted by atomic mass is 10.2. The molecule has 1 rings (SSSR count). The Morgan fingerprint density at radius 3 is 2.71 bits per heavy atom. The molecule has 0 saturated carbocycles. The van der Waals surface area contributed by atoms with Crippen molar-refractivity contribution in [1.29, 1.82) is 0 Å². The van der Waals surface area contributed by atoms with Gasteiger partial charge in [0, 0.05) is 10.6 Å². The van der Waals surface area contributed by atoms with Crippen molar-refractivity contribution in [3.63, 3.8) is 0 Å². The number of hydrogen-bond acceptors (Lipinski definition) is 1. The van der Waals surface area contributed by atoms with Crippen molar-refractivity contribution in [3.8, 4) is 5.75 Å². The Morgan fingerprint density at radius 2 is 2.14 bits per heavy atom. The van der Waals surface area contributed by atoms with Gasteiger partial charge in [-0.3, -0.25) is 0 Å². The summed E-state index contributed by atoms with van der Waals surface area (Å²) in [6, 6.07) is 5.59. The van der Waals surface area contributed by atoms with Crippen LogP contribution in [0.4, 0.5) is 0 Å². The normalized spacial score (nSPS) is 12.6. The molecule has 1 aromatic rings. The van der Waals surface area contributed by atoms with E-state index < -0.39 is 0 Å². The van der Waals surface area contributed by atoms with E-state index in [1.54, 1.807) is 0 Å². The van der Waals surface area contributed by atoms with Gasteiger partial charge >= 0.3 is 0 Å². The zero-order chi connectivity index (χ0) is 10.6. The minimum Gasteiger partial charge on any atom is -0.490 e. The van der Waals surface area contributed by atoms with E-state index in [-0.39, 0.29) is 6.10 Å². The van der Waals surface area contributed by atoms with Crippen molar-refractivity contribution >= 4 is 23.2 Å². The molecule has 1 unspecified atom stereocenters. The third-order valence-corrected chi connectivity index (χ3v) is 2.73. The van der Waals surface area contributed by atoms with Gasteiger partial charge < -0.3 is 4.74 Å². The largest absolute Gasteiger partial charge is 0.490 e. The fraction of sp³-hybridized carbons (Fsp3) is 0.455. The lowest BCUT2D eigenvalue weighted by molar-refractivity contribution is 0.216. The number of benzene rings is 1. The summed E-state index contributed by atoms with van der Waals surface area (Å²) in [5.41, 5.74) is 0.871. The van der Waals surface area contributed by atoms with Crippen LogP contribution in [0.2, 0.25) is 5.02 Å². The number of halogens is 2. The Morgan fingerprint density at radius 1 is 1.43 bits per heavy atom. The fourth-order valence-corrected chi connectivity index (χ4v) is 1.66. The smallest absolute Gasteiger partial charge is 0.125 e. The molecule has 0 aliphatic rings. The van der Waals surface area contributed by atoms with E-state index in [0.29, 0.717) is 10.9 Å². The molecule has 0 aliphatic heterocycles. The molecule has 3 heteroatoms. The van der Waals surface area contributed by atoms with Crippen molar-refractivity contribution in [3.05, 3.63) is 28.8 Å². The summed E-state index contributed by atoms with van der Waals surface area (Å²) in [6.45, 7) is 4.11. The van der Waals surface area contributed by atoms with Gasteiger partial charge in [-0.1, -0.05) is 24.6 Å². The van der Waals surface area contributed by atoms with Crippen LogP contribution in [0.15, 0.2) is 18.2 Å². The molecule has 0 saturated heterocycles. The van der Waals surface area contributed by atoms with Crippen LogP contribution < -0.4 is 4.74 Å². The predicted octanol–water partition coefficient (Wildman–Crippen LogP) is 4.26. The Kier molecular flexibility index (Phi) is 4.56. The highest BCUT2D eigenvalue weighted by Crippen LogP contribution is 2.28. The molecule has 0 N–H and O–H groups in total. The maximum atomic E-state index is 5.99. The molecule has 1 atom stereocenters. The number of rotatable bonds is 4. The third-order valence-electron chi connectivity index (χ3n) is 2.11. The van der Waals surface area contributed by atoms with E-state index in [0.717, 1.165) is 17.7 Å². The summed E-state index contributed by atoms with van der Waals surface area (Å²) < 4.78 is 5.70. The molecule has 0 radical (unpaired) electrons. The van der Waals surface area contributed by atoms with E-state index >= 15 is 0 Å². The van der Waals surface area contributed by atoms with Gasteiger partial charge in [-0.05, 0) is 25.5 Å². The molecule has 0 aliphatic carbocycles. The number of hydrogen-bond donors (Lipinski definition) is 0. The summed E-state index contributed by atoms with van der Waals surface area (Å²) in [5.74, 6) is 1.17. The van der Waals surface area contributed by atoms with Crippen molar-refractivity contribution in [2.75, 3.05) is 0 Å². The van der Waals surface area contributed by atoms with E-state index in [2.05, 4.69) is 6.92 Å². The van der Waals surface area contributed by atoms with Crippen LogP contribution in [0, 0.1) is 0 Å². The van der Waals surface area contributed by atoms with Crippen LogP contribution in [-0.2, 0) is 5.88 Å². The van der Waals surface area contributed by atoms with Gasteiger partial charge in [-0.15, -0.1) is 11.6 Å². The van der Waals surface area contributed by atoms with Crippen LogP contribution >= 0.6 is 23.2 Å². The van der Waals surface area contributed by atoms with Crippen molar-refractivity contribution < 1.29 is 4.74 Å². The molecule has 1 nitrogen and oxygen atoms in total. The lowest BCUT2D eigenvalue weighted by Crippen LogP contribution is -2.10. The summed E-state index contributed by atoms with van der Waals surface area (Å²) >= 11 is 11.8. The summed E-state index contributed by atoms with van der Waals surface area (Å²) in [6.07, 6.45) is 1.16. The van der Waals surface area contributed by atoms with E-state index in [9.17, 15) is 0 Å². The second-order valence-electron chi connectivity index (χ2n) is 3.19. The average Bonchev–Trinajstić information content (AvgIpc) is 2.18. The highest BCUT2D eigenvalue weighted by Gasteiger charge is 2.09. The van der Waals surface area contributed by atoms with E-state index in [1.165, 1.54) is 0 Å². The number of ether oxygens (including phenoxy) is 1. The van der Waals surface area contributed by atoms with Crippen LogP contribution in [-0.4, -0.2) is 6.10 Å². The summed E-state index contributed by atoms with van der Waals surface area (Å²) in [7, 11) is 0. The second kappa shape index (κ2) is 5.47. The van der Waals surface area contributed by atoms with Crippen LogP contribution in [0.1, 0.15) is 25.8 Å². The van der Waals surface area contributed by atoms with Gasteiger partial charge in [0.1, 0.15) is 5.75 Å². The fourth-order valence-electron chi connectivity index (χ4n) is 1.08. The average molecular weight is 233 g/mol. The van der Waals surface area contributed by atoms with Gasteiger partial charge in [0.25, 0.3) is 0 Å². The molecule has 0 bridgehead atoms. The summed E-state index contributed by atoms with van der Waals surface area (Å²) in [4.78, 5) is 0. The topological polar surface area (TPSA) is 9.23 Å². The zero-order valence-electron chi connectivity index (χ0n) is 8.39. The minimum atomic E-state index is 0.190. The molecule has 0 aromatic heterocycles. The molecular formula is C11H14Cl2O. The Hall–Kier alpha value is -0.400. The maximum absolute atomic E-state index is 5.99. The highest BCUT2D eigenvalue weighted by molar-refractivity contribution is 6.32. The predicted molar refractivity (Wildman–Crippen MR) is 61.4 cm³/mol. The quantitative estimate of drug-likeness (QED) is 0.706. The number of alkyl halides is 1. The monoisotopic (exact) mass is 232 g/mol. The molecule has 1 aromatic carbocycles. The molecule has 0 fully saturated rings. The lowest BCUT2D eigenvalue weighted by Gasteiger charge is -2.15. The standard InChI is InChI=1S/C11H14Cl2O/c1-3-8(2)14-11-6-4-5-10(13)9(11)7-12/h4-6,8H,3,7H2,1-2H3. The summed E-state index contributed by atoms with van der Waals surface area (Å²) in [5, 5.41) is 0.667. The van der Waals surface area contributed by atoms with Gasteiger partial charge in [-0.25, -0.2) is 0 Å². The first-order valence-electron chi connectivity index (χ1n) is 4.69. The molecular weight excluding hydrogens is 219 g/mol. The van der Waals surface area contributed by atoms with Crippen molar-refractivity contribution in [2.24, 2.45) is 0 Å². The SMILES string of the molecule is CCC(C)Oc1cccc(Cl)c1CCl. The molecule has 14 heavy (non-hydrogen) atoms. The highest BCUT2D eigenvalue weighted by atomic mass is 35.5. The van der Waals surface area contributed by atoms with E-state index in [4.69, 9.17) is 27.9 Å². The van der Waals surface area contributed by atoms with E-state index in [1.807, 2.05) is 25.1 Å². The Bertz CT molecular complexity index is 299. The van der Waals surface area contributed by atoms with Gasteiger partial charge in [-0.2, -0.15) is 0 Å². The van der Waals surface area contributed by atoms with Crippen molar-refractivity contribution in [2.45, 2.75) is 32.3 Å². The van der Waals surface area contributed by atoms with Gasteiger partial charge in [0.15, 0.2) is 0 Å². The van der Waals surface area contributed by atoms with Crippen molar-refractivity contribution in [1.82, 2.24) is 0 Å². The molecule has 0 spiro atoms. The van der Waals surface area contributed by atoms with Gasteiger partial charge in [0.2, 0.25) is 0 Å². The second-order valence-corrected chi connectivity index (χ2v) is 3.86. The minimum absolute atomic E-state index is 0.190.